The molecule has 3 aromatic rings. The van der Waals surface area contributed by atoms with Gasteiger partial charge in [-0.3, -0.25) is 0 Å². The van der Waals surface area contributed by atoms with E-state index in [0.29, 0.717) is 25.9 Å². The van der Waals surface area contributed by atoms with E-state index in [1.54, 1.807) is 12.1 Å². The molecule has 0 saturated heterocycles. The summed E-state index contributed by atoms with van der Waals surface area (Å²) in [7, 11) is 0. The highest BCUT2D eigenvalue weighted by Gasteiger charge is 2.25. The Morgan fingerprint density at radius 1 is 0.783 bits per heavy atom. The molecule has 1 atom stereocenters. The van der Waals surface area contributed by atoms with Gasteiger partial charge < -0.3 is 0 Å². The number of nitrogens with zero attached hydrogens (tertiary/aromatic N) is 2. The van der Waals surface area contributed by atoms with Crippen LogP contribution in [0.1, 0.15) is 22.6 Å². The van der Waals surface area contributed by atoms with Crippen molar-refractivity contribution in [3.63, 3.8) is 0 Å². The Balaban J connectivity index is 2.27. The van der Waals surface area contributed by atoms with Gasteiger partial charge in [-0.2, -0.15) is 0 Å². The van der Waals surface area contributed by atoms with E-state index in [4.69, 9.17) is 46.4 Å². The molecule has 1 aromatic heterocycles. The van der Waals surface area contributed by atoms with Gasteiger partial charge in [-0.05, 0) is 23.3 Å². The van der Waals surface area contributed by atoms with Crippen LogP contribution >= 0.6 is 46.4 Å². The van der Waals surface area contributed by atoms with Gasteiger partial charge in [0.15, 0.2) is 0 Å². The lowest BCUT2D eigenvalue weighted by Gasteiger charge is -2.21. The Morgan fingerprint density at radius 2 is 1.43 bits per heavy atom. The molecular formula is C17H10Cl4N2. The largest absolute Gasteiger partial charge is 0.224 e. The van der Waals surface area contributed by atoms with Gasteiger partial charge in [0, 0.05) is 21.5 Å². The van der Waals surface area contributed by atoms with Gasteiger partial charge in [-0.1, -0.05) is 82.8 Å². The van der Waals surface area contributed by atoms with Gasteiger partial charge in [0.1, 0.15) is 16.6 Å². The van der Waals surface area contributed by atoms with E-state index in [0.717, 1.165) is 11.1 Å². The Labute approximate surface area is 154 Å². The van der Waals surface area contributed by atoms with Crippen LogP contribution in [0.5, 0.6) is 0 Å². The van der Waals surface area contributed by atoms with Crippen molar-refractivity contribution in [2.24, 2.45) is 0 Å². The predicted molar refractivity (Wildman–Crippen MR) is 95.9 cm³/mol. The summed E-state index contributed by atoms with van der Waals surface area (Å²) in [5, 5.41) is 1.68. The first kappa shape index (κ1) is 16.5. The molecule has 0 fully saturated rings. The smallest absolute Gasteiger partial charge is 0.138 e. The molecule has 3 rings (SSSR count). The molecule has 0 amide bonds. The van der Waals surface area contributed by atoms with Crippen LogP contribution in [-0.2, 0) is 0 Å². The fourth-order valence-corrected chi connectivity index (χ4v) is 3.53. The summed E-state index contributed by atoms with van der Waals surface area (Å²) in [6.07, 6.45) is 1.33. The summed E-state index contributed by atoms with van der Waals surface area (Å²) in [6.45, 7) is 0. The summed E-state index contributed by atoms with van der Waals surface area (Å²) in [5.41, 5.74) is 2.43. The second-order valence-corrected chi connectivity index (χ2v) is 6.44. The standard InChI is InChI=1S/C17H10Cl4N2/c18-11-6-7-12(13(19)8-11)14(10-4-2-1-3-5-10)15-16(20)22-9-23-17(15)21/h1-9,14H. The van der Waals surface area contributed by atoms with E-state index >= 15 is 0 Å². The SMILES string of the molecule is Clc1ccc(C(c2ccccc2)c2c(Cl)ncnc2Cl)c(Cl)c1. The van der Waals surface area contributed by atoms with Crippen LogP contribution in [0.15, 0.2) is 54.9 Å². The normalized spacial score (nSPS) is 12.2. The van der Waals surface area contributed by atoms with Crippen LogP contribution in [-0.4, -0.2) is 9.97 Å². The predicted octanol–water partition coefficient (Wildman–Crippen LogP) is 6.27. The molecule has 1 unspecified atom stereocenters. The zero-order valence-electron chi connectivity index (χ0n) is 11.7. The highest BCUT2D eigenvalue weighted by molar-refractivity contribution is 6.36. The van der Waals surface area contributed by atoms with Crippen molar-refractivity contribution in [3.8, 4) is 0 Å². The topological polar surface area (TPSA) is 25.8 Å². The summed E-state index contributed by atoms with van der Waals surface area (Å²) in [5.74, 6) is -0.290. The molecule has 2 aromatic carbocycles. The fraction of sp³-hybridized carbons (Fsp3) is 0.0588. The second-order valence-electron chi connectivity index (χ2n) is 4.88. The maximum Gasteiger partial charge on any atom is 0.138 e. The van der Waals surface area contributed by atoms with Crippen LogP contribution in [0.25, 0.3) is 0 Å². The maximum absolute atomic E-state index is 6.42. The van der Waals surface area contributed by atoms with Crippen molar-refractivity contribution in [2.45, 2.75) is 5.92 Å². The lowest BCUT2D eigenvalue weighted by atomic mass is 9.86. The molecule has 0 saturated carbocycles. The highest BCUT2D eigenvalue weighted by atomic mass is 35.5. The Bertz CT molecular complexity index is 817. The number of benzene rings is 2. The summed E-state index contributed by atoms with van der Waals surface area (Å²) in [4.78, 5) is 8.12. The minimum Gasteiger partial charge on any atom is -0.224 e. The first-order chi connectivity index (χ1) is 11.1. The Hall–Kier alpha value is -1.32. The summed E-state index contributed by atoms with van der Waals surface area (Å²) < 4.78 is 0. The minimum atomic E-state index is -0.290. The van der Waals surface area contributed by atoms with Gasteiger partial charge >= 0.3 is 0 Å². The van der Waals surface area contributed by atoms with E-state index in [9.17, 15) is 0 Å². The number of hydrogen-bond donors (Lipinski definition) is 0. The van der Waals surface area contributed by atoms with E-state index in [1.807, 2.05) is 36.4 Å². The molecule has 0 aliphatic rings. The monoisotopic (exact) mass is 382 g/mol. The molecule has 23 heavy (non-hydrogen) atoms. The van der Waals surface area contributed by atoms with Crippen LogP contribution < -0.4 is 0 Å². The Morgan fingerprint density at radius 3 is 2.04 bits per heavy atom. The molecule has 0 N–H and O–H groups in total. The highest BCUT2D eigenvalue weighted by Crippen LogP contribution is 2.41. The summed E-state index contributed by atoms with van der Waals surface area (Å²) in [6, 6.07) is 15.1. The van der Waals surface area contributed by atoms with Crippen LogP contribution in [0.4, 0.5) is 0 Å². The third-order valence-corrected chi connectivity index (χ3v) is 4.65. The molecule has 0 spiro atoms. The number of aromatic nitrogens is 2. The fourth-order valence-electron chi connectivity index (χ4n) is 2.48. The second kappa shape index (κ2) is 7.06. The van der Waals surface area contributed by atoms with Crippen LogP contribution in [0, 0.1) is 0 Å². The zero-order valence-corrected chi connectivity index (χ0v) is 14.7. The molecule has 0 radical (unpaired) electrons. The molecule has 0 bridgehead atoms. The first-order valence-electron chi connectivity index (χ1n) is 6.73. The maximum atomic E-state index is 6.42. The van der Waals surface area contributed by atoms with E-state index in [1.165, 1.54) is 6.33 Å². The first-order valence-corrected chi connectivity index (χ1v) is 8.25. The summed E-state index contributed by atoms with van der Waals surface area (Å²) >= 11 is 25.0. The molecule has 0 aliphatic carbocycles. The van der Waals surface area contributed by atoms with Crippen molar-refractivity contribution >= 4 is 46.4 Å². The van der Waals surface area contributed by atoms with Crippen molar-refractivity contribution in [1.82, 2.24) is 9.97 Å². The average molecular weight is 384 g/mol. The third-order valence-electron chi connectivity index (χ3n) is 3.48. The van der Waals surface area contributed by atoms with Gasteiger partial charge in [0.25, 0.3) is 0 Å². The number of rotatable bonds is 3. The number of halogens is 4. The van der Waals surface area contributed by atoms with Crippen molar-refractivity contribution in [3.05, 3.63) is 91.9 Å². The zero-order chi connectivity index (χ0) is 16.4. The molecular weight excluding hydrogens is 374 g/mol. The minimum absolute atomic E-state index is 0.290. The molecule has 2 nitrogen and oxygen atoms in total. The lowest BCUT2D eigenvalue weighted by molar-refractivity contribution is 0.942. The average Bonchev–Trinajstić information content (AvgIpc) is 2.53. The third kappa shape index (κ3) is 3.46. The van der Waals surface area contributed by atoms with E-state index < -0.39 is 0 Å². The quantitative estimate of drug-likeness (QED) is 0.498. The van der Waals surface area contributed by atoms with Gasteiger partial charge in [0.05, 0.1) is 0 Å². The van der Waals surface area contributed by atoms with Gasteiger partial charge in [-0.25, -0.2) is 9.97 Å². The van der Waals surface area contributed by atoms with Crippen molar-refractivity contribution in [1.29, 1.82) is 0 Å². The lowest BCUT2D eigenvalue weighted by Crippen LogP contribution is -2.07. The molecule has 116 valence electrons. The molecule has 6 heteroatoms. The van der Waals surface area contributed by atoms with Crippen molar-refractivity contribution < 1.29 is 0 Å². The van der Waals surface area contributed by atoms with Crippen LogP contribution in [0.2, 0.25) is 20.4 Å². The van der Waals surface area contributed by atoms with Gasteiger partial charge in [0.2, 0.25) is 0 Å². The van der Waals surface area contributed by atoms with E-state index in [-0.39, 0.29) is 5.92 Å². The van der Waals surface area contributed by atoms with Crippen molar-refractivity contribution in [2.75, 3.05) is 0 Å². The molecule has 1 heterocycles. The number of hydrogen-bond acceptors (Lipinski definition) is 2. The van der Waals surface area contributed by atoms with E-state index in [2.05, 4.69) is 9.97 Å². The van der Waals surface area contributed by atoms with Crippen LogP contribution in [0.3, 0.4) is 0 Å². The van der Waals surface area contributed by atoms with Gasteiger partial charge in [-0.15, -0.1) is 0 Å². The molecule has 0 aliphatic heterocycles. The Kier molecular flexibility index (Phi) is 5.08.